The highest BCUT2D eigenvalue weighted by atomic mass is 16.5. The van der Waals surface area contributed by atoms with E-state index in [-0.39, 0.29) is 0 Å². The number of nitrogens with two attached hydrogens (primary N) is 1. The highest BCUT2D eigenvalue weighted by Crippen LogP contribution is 2.16. The van der Waals surface area contributed by atoms with Gasteiger partial charge in [-0.3, -0.25) is 15.0 Å². The van der Waals surface area contributed by atoms with Crippen LogP contribution in [0.2, 0.25) is 0 Å². The van der Waals surface area contributed by atoms with E-state index in [2.05, 4.69) is 5.32 Å². The van der Waals surface area contributed by atoms with Gasteiger partial charge in [0.1, 0.15) is 5.75 Å². The summed E-state index contributed by atoms with van der Waals surface area (Å²) >= 11 is 0. The number of ether oxygens (including phenoxy) is 1. The minimum atomic E-state index is -0.901. The maximum atomic E-state index is 11.2. The molecule has 0 fully saturated rings. The van der Waals surface area contributed by atoms with Crippen LogP contribution in [0.1, 0.15) is 6.92 Å². The smallest absolute Gasteiger partial charge is 0.323 e. The van der Waals surface area contributed by atoms with E-state index >= 15 is 0 Å². The molecule has 0 atom stereocenters. The third-order valence-corrected chi connectivity index (χ3v) is 1.74. The van der Waals surface area contributed by atoms with Gasteiger partial charge in [-0.25, -0.2) is 5.84 Å². The van der Waals surface area contributed by atoms with Gasteiger partial charge in [-0.15, -0.1) is 0 Å². The third-order valence-electron chi connectivity index (χ3n) is 1.74. The van der Waals surface area contributed by atoms with Crippen molar-refractivity contribution in [1.82, 2.24) is 5.43 Å². The maximum absolute atomic E-state index is 11.2. The second-order valence-corrected chi connectivity index (χ2v) is 2.89. The van der Waals surface area contributed by atoms with Crippen molar-refractivity contribution in [2.24, 2.45) is 5.84 Å². The molecule has 0 unspecified atom stereocenters. The zero-order valence-electron chi connectivity index (χ0n) is 8.82. The Morgan fingerprint density at radius 3 is 2.75 bits per heavy atom. The van der Waals surface area contributed by atoms with Gasteiger partial charge in [0.25, 0.3) is 0 Å². The molecule has 1 rings (SSSR count). The summed E-state index contributed by atoms with van der Waals surface area (Å²) in [7, 11) is 0. The topological polar surface area (TPSA) is 93.4 Å². The van der Waals surface area contributed by atoms with Gasteiger partial charge in [0.2, 0.25) is 0 Å². The zero-order chi connectivity index (χ0) is 12.0. The molecule has 0 bridgehead atoms. The molecule has 2 amide bonds. The van der Waals surface area contributed by atoms with Gasteiger partial charge in [0, 0.05) is 11.8 Å². The lowest BCUT2D eigenvalue weighted by Crippen LogP contribution is -2.39. The van der Waals surface area contributed by atoms with Crippen LogP contribution in [0.5, 0.6) is 5.75 Å². The van der Waals surface area contributed by atoms with Gasteiger partial charge >= 0.3 is 11.8 Å². The molecule has 4 N–H and O–H groups in total. The van der Waals surface area contributed by atoms with Gasteiger partial charge < -0.3 is 10.1 Å². The zero-order valence-corrected chi connectivity index (χ0v) is 8.82. The summed E-state index contributed by atoms with van der Waals surface area (Å²) in [6.07, 6.45) is 0. The Labute approximate surface area is 92.7 Å². The largest absolute Gasteiger partial charge is 0.494 e. The third kappa shape index (κ3) is 3.25. The fourth-order valence-electron chi connectivity index (χ4n) is 1.08. The number of anilines is 1. The molecular weight excluding hydrogens is 210 g/mol. The maximum Gasteiger partial charge on any atom is 0.323 e. The quantitative estimate of drug-likeness (QED) is 0.291. The van der Waals surface area contributed by atoms with E-state index < -0.39 is 11.8 Å². The molecule has 6 nitrogen and oxygen atoms in total. The summed E-state index contributed by atoms with van der Waals surface area (Å²) in [6, 6.07) is 6.72. The van der Waals surface area contributed by atoms with Crippen molar-refractivity contribution in [1.29, 1.82) is 0 Å². The lowest BCUT2D eigenvalue weighted by molar-refractivity contribution is -0.136. The Morgan fingerprint density at radius 1 is 1.38 bits per heavy atom. The number of hydrazine groups is 1. The number of amides is 2. The van der Waals surface area contributed by atoms with Crippen molar-refractivity contribution < 1.29 is 14.3 Å². The first kappa shape index (κ1) is 12.0. The molecule has 1 aromatic carbocycles. The van der Waals surface area contributed by atoms with E-state index in [0.29, 0.717) is 18.0 Å². The molecule has 0 spiro atoms. The van der Waals surface area contributed by atoms with E-state index in [1.165, 1.54) is 0 Å². The Balaban J connectivity index is 2.70. The number of carbonyl (C=O) groups is 2. The summed E-state index contributed by atoms with van der Waals surface area (Å²) in [5.41, 5.74) is 2.21. The normalized spacial score (nSPS) is 9.38. The van der Waals surface area contributed by atoms with Crippen LogP contribution in [0.15, 0.2) is 24.3 Å². The highest BCUT2D eigenvalue weighted by Gasteiger charge is 2.11. The van der Waals surface area contributed by atoms with E-state index in [1.54, 1.807) is 29.7 Å². The molecule has 0 saturated carbocycles. The van der Waals surface area contributed by atoms with Gasteiger partial charge in [0.15, 0.2) is 0 Å². The fourth-order valence-corrected chi connectivity index (χ4v) is 1.08. The van der Waals surface area contributed by atoms with Crippen LogP contribution >= 0.6 is 0 Å². The molecule has 0 aromatic heterocycles. The molecule has 1 aromatic rings. The number of hydrogen-bond donors (Lipinski definition) is 3. The number of hydrogen-bond acceptors (Lipinski definition) is 4. The van der Waals surface area contributed by atoms with Crippen LogP contribution in [0.3, 0.4) is 0 Å². The molecule has 0 heterocycles. The molecule has 0 aliphatic rings. The lowest BCUT2D eigenvalue weighted by atomic mass is 10.3. The van der Waals surface area contributed by atoms with Crippen LogP contribution in [0, 0.1) is 0 Å². The Morgan fingerprint density at radius 2 is 2.12 bits per heavy atom. The lowest BCUT2D eigenvalue weighted by Gasteiger charge is -2.06. The second-order valence-electron chi connectivity index (χ2n) is 2.89. The van der Waals surface area contributed by atoms with Crippen molar-refractivity contribution in [3.8, 4) is 5.75 Å². The Hall–Kier alpha value is -2.08. The minimum Gasteiger partial charge on any atom is -0.494 e. The number of rotatable bonds is 3. The second kappa shape index (κ2) is 5.72. The van der Waals surface area contributed by atoms with Crippen molar-refractivity contribution in [2.75, 3.05) is 11.9 Å². The first-order valence-electron chi connectivity index (χ1n) is 4.72. The van der Waals surface area contributed by atoms with Crippen LogP contribution in [0.25, 0.3) is 0 Å². The van der Waals surface area contributed by atoms with Gasteiger partial charge in [-0.1, -0.05) is 6.07 Å². The predicted molar refractivity (Wildman–Crippen MR) is 58.6 cm³/mol. The van der Waals surface area contributed by atoms with Crippen LogP contribution in [-0.4, -0.2) is 18.4 Å². The molecule has 0 radical (unpaired) electrons. The SMILES string of the molecule is CCOc1cccc(NC(=O)C(=O)NN)c1. The molecular formula is C10H13N3O3. The summed E-state index contributed by atoms with van der Waals surface area (Å²) in [6.45, 7) is 2.38. The van der Waals surface area contributed by atoms with E-state index in [4.69, 9.17) is 10.6 Å². The first-order chi connectivity index (χ1) is 7.67. The van der Waals surface area contributed by atoms with Crippen molar-refractivity contribution in [3.63, 3.8) is 0 Å². The molecule has 0 aliphatic heterocycles. The molecule has 0 saturated heterocycles. The monoisotopic (exact) mass is 223 g/mol. The molecule has 86 valence electrons. The molecule has 0 aliphatic carbocycles. The summed E-state index contributed by atoms with van der Waals surface area (Å²) in [5.74, 6) is 3.71. The van der Waals surface area contributed by atoms with E-state index in [1.807, 2.05) is 6.92 Å². The highest BCUT2D eigenvalue weighted by molar-refractivity contribution is 6.39. The van der Waals surface area contributed by atoms with E-state index in [9.17, 15) is 9.59 Å². The molecule has 6 heteroatoms. The molecule has 16 heavy (non-hydrogen) atoms. The van der Waals surface area contributed by atoms with E-state index in [0.717, 1.165) is 0 Å². The average molecular weight is 223 g/mol. The predicted octanol–water partition coefficient (Wildman–Crippen LogP) is 0.0137. The summed E-state index contributed by atoms with van der Waals surface area (Å²) in [5, 5.41) is 2.38. The van der Waals surface area contributed by atoms with Gasteiger partial charge in [-0.2, -0.15) is 0 Å². The van der Waals surface area contributed by atoms with Crippen LogP contribution in [-0.2, 0) is 9.59 Å². The van der Waals surface area contributed by atoms with Crippen molar-refractivity contribution in [3.05, 3.63) is 24.3 Å². The average Bonchev–Trinajstić information content (AvgIpc) is 2.29. The van der Waals surface area contributed by atoms with Gasteiger partial charge in [-0.05, 0) is 19.1 Å². The minimum absolute atomic E-state index is 0.472. The van der Waals surface area contributed by atoms with Crippen LogP contribution in [0.4, 0.5) is 5.69 Å². The van der Waals surface area contributed by atoms with Crippen molar-refractivity contribution in [2.45, 2.75) is 6.92 Å². The van der Waals surface area contributed by atoms with Crippen LogP contribution < -0.4 is 21.3 Å². The van der Waals surface area contributed by atoms with Gasteiger partial charge in [0.05, 0.1) is 6.61 Å². The number of carbonyl (C=O) groups excluding carboxylic acids is 2. The number of nitrogens with one attached hydrogen (secondary N) is 2. The standard InChI is InChI=1S/C10H13N3O3/c1-2-16-8-5-3-4-7(6-8)12-9(14)10(15)13-11/h3-6H,2,11H2,1H3,(H,12,14)(H,13,15). The van der Waals surface area contributed by atoms with Crippen molar-refractivity contribution >= 4 is 17.5 Å². The number of benzene rings is 1. The Kier molecular flexibility index (Phi) is 4.28. The Bertz CT molecular complexity index is 393. The fraction of sp³-hybridized carbons (Fsp3) is 0.200. The summed E-state index contributed by atoms with van der Waals surface area (Å²) < 4.78 is 5.24. The first-order valence-corrected chi connectivity index (χ1v) is 4.72. The summed E-state index contributed by atoms with van der Waals surface area (Å²) in [4.78, 5) is 22.0.